The summed E-state index contributed by atoms with van der Waals surface area (Å²) in [5.41, 5.74) is 0.970. The monoisotopic (exact) mass is 279 g/mol. The molecular weight excluding hydrogens is 262 g/mol. The third-order valence-electron chi connectivity index (χ3n) is 3.77. The fraction of sp³-hybridized carbons (Fsp3) is 0.538. The highest BCUT2D eigenvalue weighted by molar-refractivity contribution is 7.08. The number of rotatable bonds is 4. The molecule has 2 unspecified atom stereocenters. The van der Waals surface area contributed by atoms with Gasteiger partial charge in [-0.1, -0.05) is 12.1 Å². The third kappa shape index (κ3) is 2.56. The average molecular weight is 279 g/mol. The van der Waals surface area contributed by atoms with Crippen LogP contribution in [0.5, 0.6) is 0 Å². The molecule has 0 spiro atoms. The molecule has 0 aliphatic carbocycles. The summed E-state index contributed by atoms with van der Waals surface area (Å²) in [5.74, 6) is 1.78. The zero-order chi connectivity index (χ0) is 13.2. The van der Waals surface area contributed by atoms with Crippen LogP contribution in [0.25, 0.3) is 11.5 Å². The Morgan fingerprint density at radius 2 is 2.47 bits per heavy atom. The molecule has 1 N–H and O–H groups in total. The minimum Gasteiger partial charge on any atom is -0.395 e. The van der Waals surface area contributed by atoms with E-state index in [1.54, 1.807) is 11.3 Å². The van der Waals surface area contributed by atoms with Gasteiger partial charge >= 0.3 is 0 Å². The van der Waals surface area contributed by atoms with Crippen LogP contribution in [0, 0.1) is 5.92 Å². The summed E-state index contributed by atoms with van der Waals surface area (Å²) < 4.78 is 5.27. The summed E-state index contributed by atoms with van der Waals surface area (Å²) in [5, 5.41) is 17.4. The van der Waals surface area contributed by atoms with Crippen LogP contribution in [-0.4, -0.2) is 39.3 Å². The Balaban J connectivity index is 1.71. The van der Waals surface area contributed by atoms with Crippen molar-refractivity contribution in [1.29, 1.82) is 0 Å². The van der Waals surface area contributed by atoms with Crippen molar-refractivity contribution < 1.29 is 9.63 Å². The molecule has 0 saturated carbocycles. The second-order valence-corrected chi connectivity index (χ2v) is 5.79. The van der Waals surface area contributed by atoms with Gasteiger partial charge in [0.05, 0.1) is 18.7 Å². The van der Waals surface area contributed by atoms with Crippen molar-refractivity contribution >= 4 is 11.3 Å². The molecule has 0 amide bonds. The molecule has 3 rings (SSSR count). The molecule has 6 heteroatoms. The minimum atomic E-state index is 0.191. The van der Waals surface area contributed by atoms with Gasteiger partial charge in [0.2, 0.25) is 0 Å². The molecule has 2 atom stereocenters. The van der Waals surface area contributed by atoms with Gasteiger partial charge in [0.15, 0.2) is 5.82 Å². The maximum atomic E-state index is 9.44. The quantitative estimate of drug-likeness (QED) is 0.927. The lowest BCUT2D eigenvalue weighted by Gasteiger charge is -2.23. The van der Waals surface area contributed by atoms with E-state index in [1.165, 1.54) is 0 Å². The minimum absolute atomic E-state index is 0.191. The Hall–Kier alpha value is -1.24. The lowest BCUT2D eigenvalue weighted by molar-refractivity contribution is 0.131. The van der Waals surface area contributed by atoms with E-state index in [-0.39, 0.29) is 12.6 Å². The summed E-state index contributed by atoms with van der Waals surface area (Å²) in [4.78, 5) is 6.64. The fourth-order valence-electron chi connectivity index (χ4n) is 2.58. The molecule has 102 valence electrons. The highest BCUT2D eigenvalue weighted by Crippen LogP contribution is 2.25. The zero-order valence-electron chi connectivity index (χ0n) is 10.8. The first-order chi connectivity index (χ1) is 9.28. The van der Waals surface area contributed by atoms with Gasteiger partial charge < -0.3 is 9.63 Å². The van der Waals surface area contributed by atoms with Crippen molar-refractivity contribution in [2.24, 2.45) is 5.92 Å². The van der Waals surface area contributed by atoms with Crippen molar-refractivity contribution in [2.45, 2.75) is 25.9 Å². The maximum absolute atomic E-state index is 9.44. The number of nitrogens with zero attached hydrogens (tertiary/aromatic N) is 3. The van der Waals surface area contributed by atoms with Crippen molar-refractivity contribution in [3.8, 4) is 11.5 Å². The van der Waals surface area contributed by atoms with Gasteiger partial charge in [-0.2, -0.15) is 16.3 Å². The van der Waals surface area contributed by atoms with Crippen LogP contribution < -0.4 is 0 Å². The van der Waals surface area contributed by atoms with Crippen molar-refractivity contribution in [1.82, 2.24) is 15.0 Å². The number of aliphatic hydroxyl groups excluding tert-OH is 1. The predicted octanol–water partition coefficient (Wildman–Crippen LogP) is 2.00. The maximum Gasteiger partial charge on any atom is 0.258 e. The van der Waals surface area contributed by atoms with E-state index < -0.39 is 0 Å². The predicted molar refractivity (Wildman–Crippen MR) is 72.7 cm³/mol. The van der Waals surface area contributed by atoms with Gasteiger partial charge in [0.1, 0.15) is 0 Å². The number of aliphatic hydroxyl groups is 1. The first-order valence-electron chi connectivity index (χ1n) is 6.48. The van der Waals surface area contributed by atoms with Gasteiger partial charge in [0, 0.05) is 11.4 Å². The van der Waals surface area contributed by atoms with E-state index in [9.17, 15) is 5.11 Å². The van der Waals surface area contributed by atoms with Crippen LogP contribution in [0.15, 0.2) is 21.3 Å². The molecule has 19 heavy (non-hydrogen) atoms. The van der Waals surface area contributed by atoms with Gasteiger partial charge in [-0.15, -0.1) is 0 Å². The highest BCUT2D eigenvalue weighted by Gasteiger charge is 2.31. The molecule has 3 heterocycles. The van der Waals surface area contributed by atoms with Crippen LogP contribution >= 0.6 is 11.3 Å². The van der Waals surface area contributed by atoms with Crippen molar-refractivity contribution in [2.75, 3.05) is 13.2 Å². The Kier molecular flexibility index (Phi) is 3.63. The Morgan fingerprint density at radius 3 is 3.21 bits per heavy atom. The van der Waals surface area contributed by atoms with E-state index in [0.717, 1.165) is 18.5 Å². The largest absolute Gasteiger partial charge is 0.395 e. The lowest BCUT2D eigenvalue weighted by Crippen LogP contribution is -2.34. The first-order valence-corrected chi connectivity index (χ1v) is 7.42. The normalized spacial score (nSPS) is 24.1. The number of thiophene rings is 1. The Morgan fingerprint density at radius 1 is 1.58 bits per heavy atom. The fourth-order valence-corrected chi connectivity index (χ4v) is 3.21. The van der Waals surface area contributed by atoms with Gasteiger partial charge in [-0.3, -0.25) is 4.90 Å². The highest BCUT2D eigenvalue weighted by atomic mass is 32.1. The number of aromatic nitrogens is 2. The molecule has 2 aromatic heterocycles. The third-order valence-corrected chi connectivity index (χ3v) is 4.45. The lowest BCUT2D eigenvalue weighted by atomic mass is 10.0. The van der Waals surface area contributed by atoms with Gasteiger partial charge in [-0.05, 0) is 30.3 Å². The molecule has 2 aromatic rings. The topological polar surface area (TPSA) is 62.4 Å². The van der Waals surface area contributed by atoms with Gasteiger partial charge in [0.25, 0.3) is 5.89 Å². The molecule has 0 aromatic carbocycles. The SMILES string of the molecule is CC1CCN(Cc2noc(-c3ccsc3)n2)C1CO. The van der Waals surface area contributed by atoms with Crippen LogP contribution in [0.2, 0.25) is 0 Å². The summed E-state index contributed by atoms with van der Waals surface area (Å²) >= 11 is 1.61. The zero-order valence-corrected chi connectivity index (χ0v) is 11.6. The molecule has 0 radical (unpaired) electrons. The number of hydrogen-bond donors (Lipinski definition) is 1. The Labute approximate surface area is 115 Å². The number of hydrogen-bond acceptors (Lipinski definition) is 6. The van der Waals surface area contributed by atoms with E-state index in [1.807, 2.05) is 16.8 Å². The van der Waals surface area contributed by atoms with Crippen molar-refractivity contribution in [3.05, 3.63) is 22.7 Å². The summed E-state index contributed by atoms with van der Waals surface area (Å²) in [7, 11) is 0. The van der Waals surface area contributed by atoms with Crippen LogP contribution in [0.1, 0.15) is 19.2 Å². The molecule has 1 aliphatic heterocycles. The van der Waals surface area contributed by atoms with Crippen LogP contribution in [-0.2, 0) is 6.54 Å². The smallest absolute Gasteiger partial charge is 0.258 e. The first kappa shape index (κ1) is 12.8. The average Bonchev–Trinajstić information content (AvgIpc) is 3.11. The van der Waals surface area contributed by atoms with E-state index in [0.29, 0.717) is 24.2 Å². The van der Waals surface area contributed by atoms with Gasteiger partial charge in [-0.25, -0.2) is 0 Å². The summed E-state index contributed by atoms with van der Waals surface area (Å²) in [6, 6.07) is 2.18. The molecule has 1 fully saturated rings. The van der Waals surface area contributed by atoms with Crippen LogP contribution in [0.4, 0.5) is 0 Å². The standard InChI is InChI=1S/C13H17N3O2S/c1-9-2-4-16(11(9)7-17)6-12-14-13(18-15-12)10-3-5-19-8-10/h3,5,8-9,11,17H,2,4,6-7H2,1H3. The molecule has 0 bridgehead atoms. The summed E-state index contributed by atoms with van der Waals surface area (Å²) in [6.07, 6.45) is 1.11. The number of likely N-dealkylation sites (tertiary alicyclic amines) is 1. The molecular formula is C13H17N3O2S. The van der Waals surface area contributed by atoms with E-state index in [4.69, 9.17) is 4.52 Å². The molecule has 1 saturated heterocycles. The summed E-state index contributed by atoms with van der Waals surface area (Å²) in [6.45, 7) is 3.99. The Bertz CT molecular complexity index is 526. The molecule has 5 nitrogen and oxygen atoms in total. The van der Waals surface area contributed by atoms with Crippen LogP contribution in [0.3, 0.4) is 0 Å². The van der Waals surface area contributed by atoms with E-state index >= 15 is 0 Å². The van der Waals surface area contributed by atoms with E-state index in [2.05, 4.69) is 22.0 Å². The second-order valence-electron chi connectivity index (χ2n) is 5.01. The second kappa shape index (κ2) is 5.40. The molecule has 1 aliphatic rings. The van der Waals surface area contributed by atoms with Crippen molar-refractivity contribution in [3.63, 3.8) is 0 Å².